The molecule has 4 rings (SSSR count). The number of carbonyl (C=O) groups is 3. The largest absolute Gasteiger partial charge is 0.463 e. The topological polar surface area (TPSA) is 79.0 Å². The highest BCUT2D eigenvalue weighted by Crippen LogP contribution is 2.37. The van der Waals surface area contributed by atoms with E-state index >= 15 is 0 Å². The number of aryl methyl sites for hydroxylation is 1. The van der Waals surface area contributed by atoms with Gasteiger partial charge in [0.2, 0.25) is 5.91 Å². The number of carbonyl (C=O) groups excluding carboxylic acids is 3. The van der Waals surface area contributed by atoms with Crippen LogP contribution in [0.3, 0.4) is 0 Å². The summed E-state index contributed by atoms with van der Waals surface area (Å²) in [7, 11) is 0. The Morgan fingerprint density at radius 1 is 1.05 bits per heavy atom. The quantitative estimate of drug-likeness (QED) is 0.520. The van der Waals surface area contributed by atoms with E-state index in [0.717, 1.165) is 36.3 Å². The van der Waals surface area contributed by atoms with Crippen LogP contribution in [0.25, 0.3) is 0 Å². The van der Waals surface area contributed by atoms with E-state index in [1.165, 1.54) is 12.8 Å². The Bertz CT molecular complexity index is 1170. The van der Waals surface area contributed by atoms with Crippen LogP contribution in [0, 0.1) is 6.92 Å². The van der Waals surface area contributed by atoms with E-state index in [2.05, 4.69) is 10.2 Å². The fraction of sp³-hybridized carbons (Fsp3) is 0.433. The third-order valence-electron chi connectivity index (χ3n) is 7.24. The minimum absolute atomic E-state index is 0.0587. The molecule has 2 heterocycles. The SMILES string of the molecule is CCOC(=O)C1=C(C)N(Cc2cccc(C(=O)NCCN3CCCC3)c2)C(=O)CC1c1ccc(C)cc1. The number of rotatable bonds is 9. The van der Waals surface area contributed by atoms with Gasteiger partial charge in [0.05, 0.1) is 18.7 Å². The molecule has 0 aliphatic carbocycles. The highest BCUT2D eigenvalue weighted by molar-refractivity contribution is 5.96. The molecular weight excluding hydrogens is 466 g/mol. The van der Waals surface area contributed by atoms with Gasteiger partial charge in [-0.3, -0.25) is 9.59 Å². The molecule has 1 unspecified atom stereocenters. The molecule has 2 aliphatic rings. The predicted molar refractivity (Wildman–Crippen MR) is 143 cm³/mol. The van der Waals surface area contributed by atoms with Crippen LogP contribution in [0.2, 0.25) is 0 Å². The number of amides is 2. The first-order chi connectivity index (χ1) is 17.9. The summed E-state index contributed by atoms with van der Waals surface area (Å²) in [5, 5.41) is 3.01. The molecule has 0 spiro atoms. The van der Waals surface area contributed by atoms with E-state index in [9.17, 15) is 14.4 Å². The summed E-state index contributed by atoms with van der Waals surface area (Å²) in [6.07, 6.45) is 2.64. The molecule has 2 aromatic rings. The average Bonchev–Trinajstić information content (AvgIpc) is 3.40. The second-order valence-corrected chi connectivity index (χ2v) is 9.87. The molecule has 7 nitrogen and oxygen atoms in total. The Morgan fingerprint density at radius 2 is 1.78 bits per heavy atom. The van der Waals surface area contributed by atoms with Gasteiger partial charge in [-0.15, -0.1) is 0 Å². The first kappa shape index (κ1) is 26.6. The maximum atomic E-state index is 13.3. The van der Waals surface area contributed by atoms with Gasteiger partial charge in [-0.2, -0.15) is 0 Å². The first-order valence-electron chi connectivity index (χ1n) is 13.2. The molecule has 196 valence electrons. The van der Waals surface area contributed by atoms with E-state index in [4.69, 9.17) is 4.74 Å². The summed E-state index contributed by atoms with van der Waals surface area (Å²) < 4.78 is 5.39. The summed E-state index contributed by atoms with van der Waals surface area (Å²) in [5.74, 6) is -0.924. The van der Waals surface area contributed by atoms with Crippen LogP contribution < -0.4 is 5.32 Å². The lowest BCUT2D eigenvalue weighted by atomic mass is 9.83. The lowest BCUT2D eigenvalue weighted by Crippen LogP contribution is -2.38. The molecule has 7 heteroatoms. The third kappa shape index (κ3) is 6.46. The second-order valence-electron chi connectivity index (χ2n) is 9.87. The molecular formula is C30H37N3O4. The van der Waals surface area contributed by atoms with Gasteiger partial charge in [-0.25, -0.2) is 4.79 Å². The fourth-order valence-corrected chi connectivity index (χ4v) is 5.19. The highest BCUT2D eigenvalue weighted by atomic mass is 16.5. The number of benzene rings is 2. The summed E-state index contributed by atoms with van der Waals surface area (Å²) in [6, 6.07) is 15.3. The van der Waals surface area contributed by atoms with Crippen LogP contribution in [-0.4, -0.2) is 60.4 Å². The van der Waals surface area contributed by atoms with Crippen molar-refractivity contribution in [3.63, 3.8) is 0 Å². The normalized spacial score (nSPS) is 18.3. The number of nitrogens with zero attached hydrogens (tertiary/aromatic N) is 2. The standard InChI is InChI=1S/C30H37N3O4/c1-4-37-30(36)28-22(3)33(27(34)19-26(28)24-12-10-21(2)11-13-24)20-23-8-7-9-25(18-23)29(35)31-14-17-32-15-5-6-16-32/h7-13,18,26H,4-6,14-17,19-20H2,1-3H3,(H,31,35). The number of likely N-dealkylation sites (tertiary alicyclic amines) is 1. The molecule has 2 aliphatic heterocycles. The van der Waals surface area contributed by atoms with Crippen molar-refractivity contribution in [2.75, 3.05) is 32.8 Å². The summed E-state index contributed by atoms with van der Waals surface area (Å²) in [4.78, 5) is 43.1. The number of nitrogens with one attached hydrogen (secondary N) is 1. The van der Waals surface area contributed by atoms with Gasteiger partial charge >= 0.3 is 5.97 Å². The van der Waals surface area contributed by atoms with Crippen LogP contribution in [0.1, 0.15) is 66.1 Å². The van der Waals surface area contributed by atoms with Crippen molar-refractivity contribution in [3.05, 3.63) is 82.1 Å². The molecule has 37 heavy (non-hydrogen) atoms. The molecule has 2 aromatic carbocycles. The van der Waals surface area contributed by atoms with E-state index in [1.54, 1.807) is 24.8 Å². The van der Waals surface area contributed by atoms with Gasteiger partial charge in [0.1, 0.15) is 0 Å². The summed E-state index contributed by atoms with van der Waals surface area (Å²) >= 11 is 0. The highest BCUT2D eigenvalue weighted by Gasteiger charge is 2.36. The Hall–Kier alpha value is -3.45. The van der Waals surface area contributed by atoms with Crippen LogP contribution in [-0.2, 0) is 20.9 Å². The zero-order valence-corrected chi connectivity index (χ0v) is 22.1. The Kier molecular flexibility index (Phi) is 8.77. The molecule has 2 amide bonds. The van der Waals surface area contributed by atoms with E-state index in [-0.39, 0.29) is 37.3 Å². The number of hydrogen-bond donors (Lipinski definition) is 1. The van der Waals surface area contributed by atoms with Gasteiger partial charge in [-0.1, -0.05) is 42.0 Å². The van der Waals surface area contributed by atoms with Gasteiger partial charge in [0, 0.05) is 36.7 Å². The number of allylic oxidation sites excluding steroid dienone is 1. The van der Waals surface area contributed by atoms with Crippen molar-refractivity contribution in [3.8, 4) is 0 Å². The van der Waals surface area contributed by atoms with Crippen molar-refractivity contribution in [2.24, 2.45) is 0 Å². The molecule has 0 bridgehead atoms. The molecule has 1 N–H and O–H groups in total. The number of esters is 1. The van der Waals surface area contributed by atoms with Crippen LogP contribution in [0.15, 0.2) is 59.8 Å². The Labute approximate surface area is 219 Å². The van der Waals surface area contributed by atoms with Crippen molar-refractivity contribution in [1.82, 2.24) is 15.1 Å². The van der Waals surface area contributed by atoms with E-state index < -0.39 is 5.97 Å². The molecule has 1 atom stereocenters. The van der Waals surface area contributed by atoms with Gasteiger partial charge < -0.3 is 19.9 Å². The van der Waals surface area contributed by atoms with Crippen molar-refractivity contribution < 1.29 is 19.1 Å². The summed E-state index contributed by atoms with van der Waals surface area (Å²) in [6.45, 7) is 9.80. The first-order valence-corrected chi connectivity index (χ1v) is 13.2. The maximum absolute atomic E-state index is 13.3. The second kappa shape index (κ2) is 12.2. The fourth-order valence-electron chi connectivity index (χ4n) is 5.19. The minimum Gasteiger partial charge on any atom is -0.463 e. The minimum atomic E-state index is -0.394. The van der Waals surface area contributed by atoms with Gasteiger partial charge in [-0.05, 0) is 70.0 Å². The smallest absolute Gasteiger partial charge is 0.336 e. The van der Waals surface area contributed by atoms with E-state index in [1.807, 2.05) is 49.4 Å². The van der Waals surface area contributed by atoms with Crippen LogP contribution in [0.5, 0.6) is 0 Å². The Balaban J connectivity index is 1.52. The third-order valence-corrected chi connectivity index (χ3v) is 7.24. The molecule has 1 fully saturated rings. The van der Waals surface area contributed by atoms with Gasteiger partial charge in [0.15, 0.2) is 0 Å². The van der Waals surface area contributed by atoms with Gasteiger partial charge in [0.25, 0.3) is 5.91 Å². The van der Waals surface area contributed by atoms with Crippen molar-refractivity contribution >= 4 is 17.8 Å². The van der Waals surface area contributed by atoms with Crippen molar-refractivity contribution in [2.45, 2.75) is 52.5 Å². The monoisotopic (exact) mass is 503 g/mol. The molecule has 0 saturated carbocycles. The predicted octanol–water partition coefficient (Wildman–Crippen LogP) is 4.17. The van der Waals surface area contributed by atoms with Crippen molar-refractivity contribution in [1.29, 1.82) is 0 Å². The number of ether oxygens (including phenoxy) is 1. The zero-order valence-electron chi connectivity index (χ0n) is 22.1. The van der Waals surface area contributed by atoms with Crippen LogP contribution >= 0.6 is 0 Å². The summed E-state index contributed by atoms with van der Waals surface area (Å²) in [5.41, 5.74) is 4.55. The van der Waals surface area contributed by atoms with Crippen LogP contribution in [0.4, 0.5) is 0 Å². The number of hydrogen-bond acceptors (Lipinski definition) is 5. The van der Waals surface area contributed by atoms with E-state index in [0.29, 0.717) is 23.4 Å². The maximum Gasteiger partial charge on any atom is 0.336 e. The zero-order chi connectivity index (χ0) is 26.4. The lowest BCUT2D eigenvalue weighted by molar-refractivity contribution is -0.140. The Morgan fingerprint density at radius 3 is 2.49 bits per heavy atom. The average molecular weight is 504 g/mol. The molecule has 0 aromatic heterocycles. The lowest BCUT2D eigenvalue weighted by Gasteiger charge is -2.34. The molecule has 0 radical (unpaired) electrons. The molecule has 1 saturated heterocycles.